The molecule has 8 rings (SSSR count). The number of benzene rings is 6. The number of nitrogens with zero attached hydrogens (tertiary/aromatic N) is 2. The second-order valence-corrected chi connectivity index (χ2v) is 11.7. The first-order chi connectivity index (χ1) is 21.3. The average Bonchev–Trinajstić information content (AvgIpc) is 3.10. The lowest BCUT2D eigenvalue weighted by atomic mass is 9.94. The van der Waals surface area contributed by atoms with Crippen LogP contribution >= 0.6 is 11.8 Å². The summed E-state index contributed by atoms with van der Waals surface area (Å²) >= 11 is 1.82. The Morgan fingerprint density at radius 3 is 1.81 bits per heavy atom. The van der Waals surface area contributed by atoms with E-state index in [-0.39, 0.29) is 0 Å². The SMILES string of the molecule is C1=C\c2ccc(-c3nc(-c4ccccc4)c4ccccc4n3)cc2-c2ccccc2Sc2ccccc2-c2ccccc2/1. The summed E-state index contributed by atoms with van der Waals surface area (Å²) in [6.07, 6.45) is 4.48. The fourth-order valence-electron chi connectivity index (χ4n) is 5.84. The summed E-state index contributed by atoms with van der Waals surface area (Å²) in [6.45, 7) is 0. The monoisotopic (exact) mass is 566 g/mol. The van der Waals surface area contributed by atoms with E-state index in [2.05, 4.69) is 146 Å². The summed E-state index contributed by atoms with van der Waals surface area (Å²) in [7, 11) is 0. The van der Waals surface area contributed by atoms with Gasteiger partial charge in [-0.3, -0.25) is 0 Å². The molecule has 0 N–H and O–H groups in total. The first-order valence-corrected chi connectivity index (χ1v) is 15.2. The topological polar surface area (TPSA) is 25.8 Å². The van der Waals surface area contributed by atoms with E-state index in [1.54, 1.807) is 0 Å². The van der Waals surface area contributed by atoms with E-state index < -0.39 is 0 Å². The van der Waals surface area contributed by atoms with Crippen LogP contribution in [0.25, 0.3) is 68.0 Å². The molecule has 0 aliphatic carbocycles. The van der Waals surface area contributed by atoms with Gasteiger partial charge in [-0.05, 0) is 57.6 Å². The van der Waals surface area contributed by atoms with Gasteiger partial charge in [0.1, 0.15) is 0 Å². The van der Waals surface area contributed by atoms with Gasteiger partial charge in [0.05, 0.1) is 11.2 Å². The van der Waals surface area contributed by atoms with E-state index >= 15 is 0 Å². The van der Waals surface area contributed by atoms with Gasteiger partial charge in [-0.1, -0.05) is 145 Å². The zero-order valence-corrected chi connectivity index (χ0v) is 24.1. The molecule has 6 aromatic carbocycles. The van der Waals surface area contributed by atoms with Gasteiger partial charge in [-0.15, -0.1) is 0 Å². The summed E-state index contributed by atoms with van der Waals surface area (Å²) in [4.78, 5) is 12.7. The molecule has 1 aromatic heterocycles. The molecule has 0 unspecified atom stereocenters. The van der Waals surface area contributed by atoms with Crippen molar-refractivity contribution >= 4 is 34.8 Å². The molecule has 0 fully saturated rings. The van der Waals surface area contributed by atoms with E-state index in [0.717, 1.165) is 44.7 Å². The Kier molecular flexibility index (Phi) is 6.43. The Morgan fingerprint density at radius 1 is 0.419 bits per heavy atom. The van der Waals surface area contributed by atoms with Gasteiger partial charge in [0.15, 0.2) is 5.82 Å². The Balaban J connectivity index is 1.35. The molecular weight excluding hydrogens is 541 g/mol. The second kappa shape index (κ2) is 10.9. The van der Waals surface area contributed by atoms with Gasteiger partial charge in [-0.25, -0.2) is 9.97 Å². The van der Waals surface area contributed by atoms with Gasteiger partial charge in [0.25, 0.3) is 0 Å². The van der Waals surface area contributed by atoms with Crippen molar-refractivity contribution in [3.8, 4) is 44.9 Å². The van der Waals surface area contributed by atoms with Crippen LogP contribution in [-0.2, 0) is 0 Å². The van der Waals surface area contributed by atoms with Crippen LogP contribution in [0.4, 0.5) is 0 Å². The number of hydrogen-bond donors (Lipinski definition) is 0. The molecule has 202 valence electrons. The molecule has 0 atom stereocenters. The third-order valence-electron chi connectivity index (χ3n) is 7.94. The minimum atomic E-state index is 0.722. The first-order valence-electron chi connectivity index (χ1n) is 14.4. The van der Waals surface area contributed by atoms with Crippen molar-refractivity contribution in [1.29, 1.82) is 0 Å². The normalized spacial score (nSPS) is 12.7. The summed E-state index contributed by atoms with van der Waals surface area (Å²) in [5, 5.41) is 1.05. The lowest BCUT2D eigenvalue weighted by Gasteiger charge is -2.15. The Bertz CT molecular complexity index is 2160. The number of rotatable bonds is 2. The van der Waals surface area contributed by atoms with Crippen molar-refractivity contribution in [2.75, 3.05) is 0 Å². The standard InChI is InChI=1S/C40H26N2S/c1-2-13-29(14-3-1)39-34-18-6-9-19-36(34)41-40(42-39)30-25-24-28-23-22-27-12-4-5-15-31(27)32-16-7-10-20-37(32)43-38-21-11-8-17-33(38)35(28)26-30/h1-26H/b23-22-. The van der Waals surface area contributed by atoms with Crippen LogP contribution in [0.5, 0.6) is 0 Å². The van der Waals surface area contributed by atoms with Gasteiger partial charge >= 0.3 is 0 Å². The number of aromatic nitrogens is 2. The van der Waals surface area contributed by atoms with Gasteiger partial charge in [-0.2, -0.15) is 0 Å². The first kappa shape index (κ1) is 25.5. The van der Waals surface area contributed by atoms with Crippen molar-refractivity contribution in [3.05, 3.63) is 157 Å². The predicted octanol–water partition coefficient (Wildman–Crippen LogP) is 10.9. The summed E-state index contributed by atoms with van der Waals surface area (Å²) in [5.41, 5.74) is 11.1. The Labute approximate surface area is 255 Å². The van der Waals surface area contributed by atoms with Crippen LogP contribution in [0.15, 0.2) is 155 Å². The van der Waals surface area contributed by atoms with Crippen molar-refractivity contribution < 1.29 is 0 Å². The van der Waals surface area contributed by atoms with Crippen LogP contribution in [-0.4, -0.2) is 9.97 Å². The van der Waals surface area contributed by atoms with Crippen molar-refractivity contribution in [2.24, 2.45) is 0 Å². The maximum Gasteiger partial charge on any atom is 0.160 e. The van der Waals surface area contributed by atoms with E-state index in [9.17, 15) is 0 Å². The molecule has 2 heterocycles. The van der Waals surface area contributed by atoms with Crippen LogP contribution in [0.2, 0.25) is 0 Å². The molecule has 0 saturated carbocycles. The van der Waals surface area contributed by atoms with Crippen molar-refractivity contribution in [1.82, 2.24) is 9.97 Å². The summed E-state index contributed by atoms with van der Waals surface area (Å²) in [5.74, 6) is 0.722. The molecule has 2 nitrogen and oxygen atoms in total. The Hall–Kier alpha value is -5.25. The van der Waals surface area contributed by atoms with Gasteiger partial charge in [0, 0.05) is 26.3 Å². The minimum Gasteiger partial charge on any atom is -0.228 e. The molecule has 43 heavy (non-hydrogen) atoms. The highest BCUT2D eigenvalue weighted by Gasteiger charge is 2.17. The van der Waals surface area contributed by atoms with Gasteiger partial charge in [0.2, 0.25) is 0 Å². The largest absolute Gasteiger partial charge is 0.228 e. The van der Waals surface area contributed by atoms with E-state index in [1.807, 2.05) is 23.9 Å². The molecule has 0 spiro atoms. The fraction of sp³-hybridized carbons (Fsp3) is 0. The highest BCUT2D eigenvalue weighted by atomic mass is 32.2. The lowest BCUT2D eigenvalue weighted by Crippen LogP contribution is -1.96. The molecule has 7 aromatic rings. The lowest BCUT2D eigenvalue weighted by molar-refractivity contribution is 1.23. The third-order valence-corrected chi connectivity index (χ3v) is 9.09. The maximum absolute atomic E-state index is 5.16. The van der Waals surface area contributed by atoms with Crippen LogP contribution in [0.3, 0.4) is 0 Å². The molecule has 0 bridgehead atoms. The number of hydrogen-bond acceptors (Lipinski definition) is 3. The maximum atomic E-state index is 5.16. The van der Waals surface area contributed by atoms with E-state index in [0.29, 0.717) is 0 Å². The average molecular weight is 567 g/mol. The van der Waals surface area contributed by atoms with Crippen LogP contribution in [0, 0.1) is 0 Å². The highest BCUT2D eigenvalue weighted by molar-refractivity contribution is 7.99. The zero-order chi connectivity index (χ0) is 28.6. The summed E-state index contributed by atoms with van der Waals surface area (Å²) < 4.78 is 0. The molecule has 3 heteroatoms. The second-order valence-electron chi connectivity index (χ2n) is 10.6. The molecule has 1 aliphatic heterocycles. The van der Waals surface area contributed by atoms with Gasteiger partial charge < -0.3 is 0 Å². The molecule has 1 aliphatic rings. The fourth-order valence-corrected chi connectivity index (χ4v) is 6.94. The van der Waals surface area contributed by atoms with E-state index in [1.165, 1.54) is 32.0 Å². The van der Waals surface area contributed by atoms with E-state index in [4.69, 9.17) is 9.97 Å². The summed E-state index contributed by atoms with van der Waals surface area (Å²) in [6, 6.07) is 51.3. The molecule has 0 saturated heterocycles. The zero-order valence-electron chi connectivity index (χ0n) is 23.3. The number of fused-ring (bicyclic) bond motifs is 7. The Morgan fingerprint density at radius 2 is 1.02 bits per heavy atom. The molecule has 0 radical (unpaired) electrons. The third kappa shape index (κ3) is 4.74. The molecular formula is C40H26N2S. The smallest absolute Gasteiger partial charge is 0.160 e. The minimum absolute atomic E-state index is 0.722. The predicted molar refractivity (Wildman–Crippen MR) is 181 cm³/mol. The highest BCUT2D eigenvalue weighted by Crippen LogP contribution is 2.44. The quantitative estimate of drug-likeness (QED) is 0.208. The van der Waals surface area contributed by atoms with Crippen molar-refractivity contribution in [3.63, 3.8) is 0 Å². The van der Waals surface area contributed by atoms with Crippen LogP contribution < -0.4 is 0 Å². The molecule has 0 amide bonds. The number of para-hydroxylation sites is 1. The van der Waals surface area contributed by atoms with Crippen molar-refractivity contribution in [2.45, 2.75) is 9.79 Å². The van der Waals surface area contributed by atoms with Crippen LogP contribution in [0.1, 0.15) is 11.1 Å².